The first kappa shape index (κ1) is 18.4. The van der Waals surface area contributed by atoms with Gasteiger partial charge in [-0.15, -0.1) is 0 Å². The highest BCUT2D eigenvalue weighted by Crippen LogP contribution is 2.22. The van der Waals surface area contributed by atoms with Crippen molar-refractivity contribution in [3.05, 3.63) is 0 Å². The Labute approximate surface area is 115 Å². The molecule has 0 amide bonds. The molecule has 5 heteroatoms. The maximum atomic E-state index is 11.7. The minimum Gasteiger partial charge on any atom is -0.454 e. The summed E-state index contributed by atoms with van der Waals surface area (Å²) >= 11 is 0. The van der Waals surface area contributed by atoms with Gasteiger partial charge in [-0.05, 0) is 6.42 Å². The summed E-state index contributed by atoms with van der Waals surface area (Å²) in [5.41, 5.74) is -1.38. The molecule has 19 heavy (non-hydrogen) atoms. The van der Waals surface area contributed by atoms with Crippen molar-refractivity contribution in [2.75, 3.05) is 19.8 Å². The van der Waals surface area contributed by atoms with Crippen LogP contribution in [0.4, 0.5) is 0 Å². The van der Waals surface area contributed by atoms with E-state index in [9.17, 15) is 15.0 Å². The number of aliphatic hydroxyl groups excluding tert-OH is 3. The summed E-state index contributed by atoms with van der Waals surface area (Å²) in [7, 11) is 0. The normalized spacial score (nSPS) is 13.3. The van der Waals surface area contributed by atoms with Crippen molar-refractivity contribution < 1.29 is 24.9 Å². The van der Waals surface area contributed by atoms with Gasteiger partial charge in [0.25, 0.3) is 0 Å². The third-order valence-electron chi connectivity index (χ3n) is 3.51. The van der Waals surface area contributed by atoms with Crippen LogP contribution in [-0.4, -0.2) is 46.7 Å². The van der Waals surface area contributed by atoms with Crippen LogP contribution in [-0.2, 0) is 9.53 Å². The standard InChI is InChI=1S/C14H28O5/c1-3-4-5-6-7-8-13(18)19-14(10-16,11-17)12(2)9-15/h12,15-17H,3-11H2,1-2H3. The number of carbonyl (C=O) groups is 1. The van der Waals surface area contributed by atoms with Crippen molar-refractivity contribution in [2.45, 2.75) is 58.0 Å². The fraction of sp³-hybridized carbons (Fsp3) is 0.929. The highest BCUT2D eigenvalue weighted by atomic mass is 16.6. The molecule has 0 heterocycles. The molecule has 0 saturated carbocycles. The molecular weight excluding hydrogens is 248 g/mol. The molecule has 0 aromatic carbocycles. The third-order valence-corrected chi connectivity index (χ3v) is 3.51. The summed E-state index contributed by atoms with van der Waals surface area (Å²) in [5, 5.41) is 27.7. The lowest BCUT2D eigenvalue weighted by Gasteiger charge is -2.34. The van der Waals surface area contributed by atoms with Crippen LogP contribution < -0.4 is 0 Å². The van der Waals surface area contributed by atoms with Crippen LogP contribution in [0, 0.1) is 5.92 Å². The molecule has 114 valence electrons. The number of unbranched alkanes of at least 4 members (excludes halogenated alkanes) is 4. The van der Waals surface area contributed by atoms with Gasteiger partial charge >= 0.3 is 5.97 Å². The van der Waals surface area contributed by atoms with Crippen molar-refractivity contribution in [3.63, 3.8) is 0 Å². The van der Waals surface area contributed by atoms with E-state index in [2.05, 4.69) is 6.92 Å². The van der Waals surface area contributed by atoms with E-state index >= 15 is 0 Å². The summed E-state index contributed by atoms with van der Waals surface area (Å²) in [5.74, 6) is -0.938. The van der Waals surface area contributed by atoms with E-state index in [0.29, 0.717) is 0 Å². The second-order valence-electron chi connectivity index (χ2n) is 5.10. The second kappa shape index (κ2) is 10.2. The minimum atomic E-state index is -1.38. The van der Waals surface area contributed by atoms with Gasteiger partial charge < -0.3 is 20.1 Å². The van der Waals surface area contributed by atoms with Gasteiger partial charge in [-0.1, -0.05) is 39.5 Å². The summed E-state index contributed by atoms with van der Waals surface area (Å²) in [6.45, 7) is 2.51. The van der Waals surface area contributed by atoms with Crippen LogP contribution in [0.5, 0.6) is 0 Å². The number of rotatable bonds is 11. The highest BCUT2D eigenvalue weighted by Gasteiger charge is 2.38. The Kier molecular flexibility index (Phi) is 9.83. The Morgan fingerprint density at radius 1 is 1.11 bits per heavy atom. The van der Waals surface area contributed by atoms with Crippen molar-refractivity contribution in [2.24, 2.45) is 5.92 Å². The zero-order chi connectivity index (χ0) is 14.7. The number of aliphatic hydroxyl groups is 3. The van der Waals surface area contributed by atoms with Gasteiger partial charge in [0.15, 0.2) is 5.60 Å². The first-order valence-electron chi connectivity index (χ1n) is 7.10. The average molecular weight is 276 g/mol. The van der Waals surface area contributed by atoms with E-state index in [0.717, 1.165) is 32.1 Å². The third kappa shape index (κ3) is 6.36. The zero-order valence-electron chi connectivity index (χ0n) is 12.1. The van der Waals surface area contributed by atoms with Crippen LogP contribution in [0.3, 0.4) is 0 Å². The number of hydrogen-bond donors (Lipinski definition) is 3. The van der Waals surface area contributed by atoms with Gasteiger partial charge in [0.1, 0.15) is 0 Å². The van der Waals surface area contributed by atoms with E-state index in [1.807, 2.05) is 0 Å². The summed E-state index contributed by atoms with van der Waals surface area (Å²) in [6.07, 6.45) is 5.42. The molecule has 0 aliphatic heterocycles. The van der Waals surface area contributed by atoms with Crippen molar-refractivity contribution >= 4 is 5.97 Å². The van der Waals surface area contributed by atoms with E-state index in [4.69, 9.17) is 9.84 Å². The fourth-order valence-electron chi connectivity index (χ4n) is 1.84. The van der Waals surface area contributed by atoms with E-state index in [1.54, 1.807) is 6.92 Å². The van der Waals surface area contributed by atoms with Gasteiger partial charge in [0.2, 0.25) is 0 Å². The van der Waals surface area contributed by atoms with Gasteiger partial charge in [-0.3, -0.25) is 4.79 Å². The van der Waals surface area contributed by atoms with Gasteiger partial charge in [0.05, 0.1) is 13.2 Å². The predicted molar refractivity (Wildman–Crippen MR) is 72.6 cm³/mol. The molecule has 0 radical (unpaired) electrons. The molecule has 0 aromatic rings. The molecule has 3 N–H and O–H groups in total. The smallest absolute Gasteiger partial charge is 0.306 e. The molecule has 0 aliphatic carbocycles. The maximum Gasteiger partial charge on any atom is 0.306 e. The van der Waals surface area contributed by atoms with E-state index in [1.165, 1.54) is 0 Å². The monoisotopic (exact) mass is 276 g/mol. The first-order valence-corrected chi connectivity index (χ1v) is 7.10. The van der Waals surface area contributed by atoms with Gasteiger partial charge in [-0.25, -0.2) is 0 Å². The number of carbonyl (C=O) groups excluding carboxylic acids is 1. The zero-order valence-corrected chi connectivity index (χ0v) is 12.1. The molecule has 0 spiro atoms. The Morgan fingerprint density at radius 3 is 2.16 bits per heavy atom. The number of ether oxygens (including phenoxy) is 1. The summed E-state index contributed by atoms with van der Waals surface area (Å²) in [4.78, 5) is 11.7. The molecule has 5 nitrogen and oxygen atoms in total. The lowest BCUT2D eigenvalue weighted by Crippen LogP contribution is -2.49. The van der Waals surface area contributed by atoms with Gasteiger partial charge in [0, 0.05) is 18.9 Å². The maximum absolute atomic E-state index is 11.7. The van der Waals surface area contributed by atoms with Crippen molar-refractivity contribution in [3.8, 4) is 0 Å². The highest BCUT2D eigenvalue weighted by molar-refractivity contribution is 5.69. The molecule has 0 saturated heterocycles. The molecule has 1 unspecified atom stereocenters. The molecule has 0 fully saturated rings. The Bertz CT molecular complexity index is 238. The predicted octanol–water partition coefficient (Wildman–Crippen LogP) is 1.24. The Balaban J connectivity index is 4.17. The second-order valence-corrected chi connectivity index (χ2v) is 5.10. The van der Waals surface area contributed by atoms with Crippen molar-refractivity contribution in [1.82, 2.24) is 0 Å². The Hall–Kier alpha value is -0.650. The van der Waals surface area contributed by atoms with Crippen LogP contribution in [0.1, 0.15) is 52.4 Å². The Morgan fingerprint density at radius 2 is 1.68 bits per heavy atom. The molecule has 0 aliphatic rings. The summed E-state index contributed by atoms with van der Waals surface area (Å²) < 4.78 is 5.20. The number of esters is 1. The van der Waals surface area contributed by atoms with Crippen LogP contribution in [0.25, 0.3) is 0 Å². The molecular formula is C14H28O5. The van der Waals surface area contributed by atoms with E-state index < -0.39 is 30.7 Å². The topological polar surface area (TPSA) is 87.0 Å². The average Bonchev–Trinajstić information content (AvgIpc) is 2.43. The van der Waals surface area contributed by atoms with E-state index in [-0.39, 0.29) is 13.0 Å². The molecule has 0 rings (SSSR count). The number of hydrogen-bond acceptors (Lipinski definition) is 5. The lowest BCUT2D eigenvalue weighted by atomic mass is 9.90. The largest absolute Gasteiger partial charge is 0.454 e. The van der Waals surface area contributed by atoms with Crippen molar-refractivity contribution in [1.29, 1.82) is 0 Å². The quantitative estimate of drug-likeness (QED) is 0.390. The lowest BCUT2D eigenvalue weighted by molar-refractivity contribution is -0.181. The molecule has 1 atom stereocenters. The summed E-state index contributed by atoms with van der Waals surface area (Å²) in [6, 6.07) is 0. The van der Waals surface area contributed by atoms with Gasteiger partial charge in [-0.2, -0.15) is 0 Å². The first-order chi connectivity index (χ1) is 9.06. The SMILES string of the molecule is CCCCCCCC(=O)OC(CO)(CO)C(C)CO. The molecule has 0 bridgehead atoms. The fourth-order valence-corrected chi connectivity index (χ4v) is 1.84. The van der Waals surface area contributed by atoms with Crippen LogP contribution >= 0.6 is 0 Å². The van der Waals surface area contributed by atoms with Crippen LogP contribution in [0.15, 0.2) is 0 Å². The molecule has 0 aromatic heterocycles. The minimum absolute atomic E-state index is 0.259. The van der Waals surface area contributed by atoms with Crippen LogP contribution in [0.2, 0.25) is 0 Å².